The van der Waals surface area contributed by atoms with Crippen LogP contribution in [0.2, 0.25) is 0 Å². The smallest absolute Gasteiger partial charge is 0.0942 e. The van der Waals surface area contributed by atoms with Crippen molar-refractivity contribution >= 4 is 10.9 Å². The Morgan fingerprint density at radius 1 is 0.862 bits per heavy atom. The Hall–Kier alpha value is -2.88. The van der Waals surface area contributed by atoms with E-state index in [-0.39, 0.29) is 6.04 Å². The van der Waals surface area contributed by atoms with E-state index in [1.54, 1.807) is 0 Å². The molecule has 0 radical (unpaired) electrons. The number of aliphatic hydroxyl groups is 1. The molecule has 0 aliphatic heterocycles. The van der Waals surface area contributed by atoms with Crippen molar-refractivity contribution in [2.75, 3.05) is 7.05 Å². The lowest BCUT2D eigenvalue weighted by Gasteiger charge is -2.29. The monoisotopic (exact) mass is 384 g/mol. The highest BCUT2D eigenvalue weighted by Gasteiger charge is 2.21. The molecule has 1 heterocycles. The average molecular weight is 385 g/mol. The summed E-state index contributed by atoms with van der Waals surface area (Å²) in [6.45, 7) is 3.72. The van der Waals surface area contributed by atoms with Gasteiger partial charge < -0.3 is 9.67 Å². The number of rotatable bonds is 7. The van der Waals surface area contributed by atoms with Gasteiger partial charge in [-0.05, 0) is 36.7 Å². The van der Waals surface area contributed by atoms with E-state index in [2.05, 4.69) is 84.2 Å². The van der Waals surface area contributed by atoms with Crippen molar-refractivity contribution in [1.82, 2.24) is 9.47 Å². The molecule has 0 aliphatic rings. The first-order chi connectivity index (χ1) is 14.1. The number of aromatic nitrogens is 1. The van der Waals surface area contributed by atoms with Crippen molar-refractivity contribution in [3.63, 3.8) is 0 Å². The lowest BCUT2D eigenvalue weighted by Crippen LogP contribution is -2.33. The predicted molar refractivity (Wildman–Crippen MR) is 120 cm³/mol. The van der Waals surface area contributed by atoms with Crippen LogP contribution >= 0.6 is 0 Å². The number of benzene rings is 3. The van der Waals surface area contributed by atoms with Crippen molar-refractivity contribution < 1.29 is 5.11 Å². The molecule has 0 fully saturated rings. The molecule has 0 spiro atoms. The lowest BCUT2D eigenvalue weighted by atomic mass is 10.0. The molecule has 2 atom stereocenters. The molecule has 0 aliphatic carbocycles. The van der Waals surface area contributed by atoms with E-state index in [0.717, 1.165) is 18.7 Å². The molecule has 29 heavy (non-hydrogen) atoms. The molecule has 0 saturated heterocycles. The summed E-state index contributed by atoms with van der Waals surface area (Å²) in [6.07, 6.45) is 1.74. The number of fused-ring (bicyclic) bond motifs is 1. The van der Waals surface area contributed by atoms with Crippen LogP contribution in [-0.2, 0) is 13.1 Å². The van der Waals surface area contributed by atoms with Gasteiger partial charge in [-0.3, -0.25) is 4.90 Å². The van der Waals surface area contributed by atoms with Crippen LogP contribution in [0.15, 0.2) is 91.1 Å². The quantitative estimate of drug-likeness (QED) is 0.472. The number of likely N-dealkylation sites (N-methyl/N-ethyl adjacent to an activating group) is 1. The van der Waals surface area contributed by atoms with Crippen molar-refractivity contribution in [3.8, 4) is 0 Å². The van der Waals surface area contributed by atoms with Gasteiger partial charge in [0.05, 0.1) is 6.10 Å². The van der Waals surface area contributed by atoms with Gasteiger partial charge in [0.15, 0.2) is 0 Å². The number of nitrogens with zero attached hydrogens (tertiary/aromatic N) is 2. The first kappa shape index (κ1) is 19.4. The second-order valence-corrected chi connectivity index (χ2v) is 7.80. The fourth-order valence-corrected chi connectivity index (χ4v) is 3.94. The van der Waals surface area contributed by atoms with Gasteiger partial charge in [-0.15, -0.1) is 0 Å². The zero-order valence-corrected chi connectivity index (χ0v) is 17.1. The fraction of sp³-hybridized carbons (Fsp3) is 0.231. The number of para-hydroxylation sites is 1. The van der Waals surface area contributed by atoms with Gasteiger partial charge in [0, 0.05) is 36.2 Å². The zero-order valence-electron chi connectivity index (χ0n) is 17.1. The molecule has 4 aromatic rings. The summed E-state index contributed by atoms with van der Waals surface area (Å²) in [5, 5.41) is 12.1. The third kappa shape index (κ3) is 4.26. The molecular formula is C26H28N2O. The molecule has 0 amide bonds. The van der Waals surface area contributed by atoms with Gasteiger partial charge in [0.2, 0.25) is 0 Å². The van der Waals surface area contributed by atoms with Crippen molar-refractivity contribution in [2.24, 2.45) is 0 Å². The normalized spacial score (nSPS) is 13.7. The summed E-state index contributed by atoms with van der Waals surface area (Å²) in [4.78, 5) is 2.23. The van der Waals surface area contributed by atoms with Gasteiger partial charge in [0.25, 0.3) is 0 Å². The summed E-state index contributed by atoms with van der Waals surface area (Å²) in [7, 11) is 2.08. The minimum absolute atomic E-state index is 0.00800. The Kier molecular flexibility index (Phi) is 5.79. The Bertz CT molecular complexity index is 1060. The second-order valence-electron chi connectivity index (χ2n) is 7.80. The zero-order chi connectivity index (χ0) is 20.2. The number of hydrogen-bond donors (Lipinski definition) is 1. The van der Waals surface area contributed by atoms with Crippen LogP contribution < -0.4 is 0 Å². The maximum atomic E-state index is 10.8. The molecule has 0 bridgehead atoms. The Morgan fingerprint density at radius 3 is 2.21 bits per heavy atom. The summed E-state index contributed by atoms with van der Waals surface area (Å²) in [5.41, 5.74) is 4.78. The Morgan fingerprint density at radius 2 is 1.48 bits per heavy atom. The number of aliphatic hydroxyl groups excluding tert-OH is 1. The summed E-state index contributed by atoms with van der Waals surface area (Å²) >= 11 is 0. The largest absolute Gasteiger partial charge is 0.387 e. The fourth-order valence-electron chi connectivity index (χ4n) is 3.94. The summed E-state index contributed by atoms with van der Waals surface area (Å²) in [5.74, 6) is 0. The first-order valence-electron chi connectivity index (χ1n) is 10.2. The SMILES string of the molecule is C[C@@H]([C@@H](O)c1ccccc1)N(C)Cc1cn(Cc2ccccc2)c2ccccc12. The molecule has 3 heteroatoms. The molecule has 148 valence electrons. The standard InChI is InChI=1S/C26H28N2O/c1-20(26(29)22-13-7-4-8-14-22)27(2)18-23-19-28(17-21-11-5-3-6-12-21)25-16-10-9-15-24(23)25/h3-16,19-20,26,29H,17-18H2,1-2H3/t20-,26+/m0/s1. The van der Waals surface area contributed by atoms with E-state index in [0.29, 0.717) is 0 Å². The highest BCUT2D eigenvalue weighted by Crippen LogP contribution is 2.26. The van der Waals surface area contributed by atoms with Gasteiger partial charge >= 0.3 is 0 Å². The summed E-state index contributed by atoms with van der Waals surface area (Å²) in [6, 6.07) is 29.0. The van der Waals surface area contributed by atoms with E-state index in [1.807, 2.05) is 30.3 Å². The van der Waals surface area contributed by atoms with Crippen LogP contribution in [0.25, 0.3) is 10.9 Å². The van der Waals surface area contributed by atoms with Crippen LogP contribution in [0.1, 0.15) is 29.7 Å². The van der Waals surface area contributed by atoms with Crippen molar-refractivity contribution in [1.29, 1.82) is 0 Å². The minimum Gasteiger partial charge on any atom is -0.387 e. The van der Waals surface area contributed by atoms with Crippen molar-refractivity contribution in [3.05, 3.63) is 108 Å². The molecule has 0 unspecified atom stereocenters. The first-order valence-corrected chi connectivity index (χ1v) is 10.2. The van der Waals surface area contributed by atoms with Crippen LogP contribution in [0.3, 0.4) is 0 Å². The Labute approximate surface area is 172 Å². The molecule has 1 aromatic heterocycles. The molecule has 4 rings (SSSR count). The third-order valence-corrected chi connectivity index (χ3v) is 5.78. The molecule has 0 saturated carbocycles. The van der Waals surface area contributed by atoms with Crippen LogP contribution in [-0.4, -0.2) is 27.7 Å². The Balaban J connectivity index is 1.57. The highest BCUT2D eigenvalue weighted by atomic mass is 16.3. The van der Waals surface area contributed by atoms with Crippen LogP contribution in [0.5, 0.6) is 0 Å². The van der Waals surface area contributed by atoms with Crippen molar-refractivity contribution in [2.45, 2.75) is 32.2 Å². The van der Waals surface area contributed by atoms with Crippen LogP contribution in [0.4, 0.5) is 0 Å². The predicted octanol–water partition coefficient (Wildman–Crippen LogP) is 5.24. The third-order valence-electron chi connectivity index (χ3n) is 5.78. The van der Waals surface area contributed by atoms with E-state index < -0.39 is 6.10 Å². The lowest BCUT2D eigenvalue weighted by molar-refractivity contribution is 0.0690. The van der Waals surface area contributed by atoms with E-state index >= 15 is 0 Å². The van der Waals surface area contributed by atoms with E-state index in [1.165, 1.54) is 22.0 Å². The average Bonchev–Trinajstić information content (AvgIpc) is 3.11. The highest BCUT2D eigenvalue weighted by molar-refractivity contribution is 5.84. The second kappa shape index (κ2) is 8.64. The summed E-state index contributed by atoms with van der Waals surface area (Å²) < 4.78 is 2.33. The van der Waals surface area contributed by atoms with Gasteiger partial charge in [0.1, 0.15) is 0 Å². The molecule has 1 N–H and O–H groups in total. The molecule has 3 nitrogen and oxygen atoms in total. The van der Waals surface area contributed by atoms with Gasteiger partial charge in [-0.25, -0.2) is 0 Å². The molecule has 3 aromatic carbocycles. The van der Waals surface area contributed by atoms with E-state index in [9.17, 15) is 5.11 Å². The molecular weight excluding hydrogens is 356 g/mol. The van der Waals surface area contributed by atoms with Crippen LogP contribution in [0, 0.1) is 0 Å². The topological polar surface area (TPSA) is 28.4 Å². The van der Waals surface area contributed by atoms with E-state index in [4.69, 9.17) is 0 Å². The van der Waals surface area contributed by atoms with Gasteiger partial charge in [-0.2, -0.15) is 0 Å². The maximum absolute atomic E-state index is 10.8. The van der Waals surface area contributed by atoms with Gasteiger partial charge in [-0.1, -0.05) is 78.9 Å². The number of hydrogen-bond acceptors (Lipinski definition) is 2. The minimum atomic E-state index is -0.515. The maximum Gasteiger partial charge on any atom is 0.0942 e.